The number of ether oxygens (including phenoxy) is 1. The van der Waals surface area contributed by atoms with Gasteiger partial charge in [-0.25, -0.2) is 28.1 Å². The predicted molar refractivity (Wildman–Crippen MR) is 110 cm³/mol. The van der Waals surface area contributed by atoms with Crippen molar-refractivity contribution in [2.75, 3.05) is 12.3 Å². The van der Waals surface area contributed by atoms with Crippen LogP contribution in [0.4, 0.5) is 10.3 Å². The Morgan fingerprint density at radius 3 is 2.56 bits per heavy atom. The van der Waals surface area contributed by atoms with Crippen LogP contribution in [0.15, 0.2) is 6.33 Å². The van der Waals surface area contributed by atoms with Crippen LogP contribution in [0, 0.1) is 17.0 Å². The van der Waals surface area contributed by atoms with Crippen molar-refractivity contribution in [1.82, 2.24) is 19.5 Å². The summed E-state index contributed by atoms with van der Waals surface area (Å²) in [5, 5.41) is 10.4. The minimum Gasteiger partial charge on any atom is -0.386 e. The first kappa shape index (κ1) is 27.0. The van der Waals surface area contributed by atoms with Crippen LogP contribution in [0.1, 0.15) is 6.23 Å². The van der Waals surface area contributed by atoms with Crippen molar-refractivity contribution in [2.45, 2.75) is 24.1 Å². The molecule has 0 radical (unpaired) electrons. The number of aliphatic hydroxyl groups excluding tert-OH is 1. The monoisotopic (exact) mass is 565 g/mol. The Kier molecular flexibility index (Phi) is 7.24. The van der Waals surface area contributed by atoms with Gasteiger partial charge in [0.1, 0.15) is 23.4 Å². The summed E-state index contributed by atoms with van der Waals surface area (Å²) in [5.41, 5.74) is 2.73. The van der Waals surface area contributed by atoms with Gasteiger partial charge in [0.2, 0.25) is 5.67 Å². The molecule has 6 atom stereocenters. The van der Waals surface area contributed by atoms with Gasteiger partial charge in [-0.3, -0.25) is 9.09 Å². The summed E-state index contributed by atoms with van der Waals surface area (Å²) in [5.74, 6) is 1.57. The molecule has 0 spiro atoms. The van der Waals surface area contributed by atoms with Crippen LogP contribution < -0.4 is 5.73 Å². The first-order valence-electron chi connectivity index (χ1n) is 8.49. The number of rotatable bonds is 8. The molecule has 0 amide bonds. The van der Waals surface area contributed by atoms with E-state index in [1.165, 1.54) is 0 Å². The Labute approximate surface area is 193 Å². The van der Waals surface area contributed by atoms with Crippen LogP contribution in [-0.2, 0) is 31.6 Å². The fourth-order valence-electron chi connectivity index (χ4n) is 2.91. The molecule has 1 saturated heterocycles. The Balaban J connectivity index is 1.83. The van der Waals surface area contributed by atoms with Gasteiger partial charge in [-0.05, 0) is 0 Å². The van der Waals surface area contributed by atoms with Crippen molar-refractivity contribution in [1.29, 1.82) is 0 Å². The van der Waals surface area contributed by atoms with Crippen LogP contribution in [0.25, 0.3) is 11.2 Å². The topological polar surface area (TPSA) is 262 Å². The number of hydrogen-bond donors (Lipinski definition) is 7. The molecule has 22 heteroatoms. The molecule has 1 aliphatic rings. The number of halogens is 1. The molecule has 0 aliphatic carbocycles. The highest BCUT2D eigenvalue weighted by Crippen LogP contribution is 2.66. The Hall–Kier alpha value is -1.61. The van der Waals surface area contributed by atoms with E-state index in [1.807, 2.05) is 0 Å². The number of phosphoric acid groups is 3. The van der Waals surface area contributed by atoms with Crippen molar-refractivity contribution in [3.8, 4) is 12.3 Å². The molecule has 17 nitrogen and oxygen atoms in total. The molecule has 0 bridgehead atoms. The molecule has 3 unspecified atom stereocenters. The molecule has 34 heavy (non-hydrogen) atoms. The number of imidazole rings is 1. The van der Waals surface area contributed by atoms with Crippen molar-refractivity contribution in [2.24, 2.45) is 0 Å². The lowest BCUT2D eigenvalue weighted by Crippen LogP contribution is -2.42. The molecule has 2 aromatic rings. The zero-order valence-electron chi connectivity index (χ0n) is 16.2. The molecule has 2 aromatic heterocycles. The molecule has 3 heterocycles. The van der Waals surface area contributed by atoms with E-state index in [-0.39, 0.29) is 21.8 Å². The zero-order chi connectivity index (χ0) is 25.7. The SMILES string of the molecule is C#CC1(F)[C@@H](O)[C@@H](COP(=O)(O)OP(=O)(O)OP(=O)(O)O)O[C@H]1n1cnc2c(=S)nc(N)[nH]c21. The number of terminal acetylenes is 1. The minimum atomic E-state index is -5.79. The standard InChI is InChI=1S/C12H15FN5O12P3S/c1-2-12(13)7(19)5(3-27-32(23,24)30-33(25,26)29-31(20,21)22)28-10(12)18-4-15-6-8(18)16-11(14)17-9(6)34/h1,4-5,7,10,19H,3H2,(H,23,24)(H,25,26)(H2,20,21,22)(H3,14,16,17,34)/t5-,7+,10-,12?/m1/s1. The Bertz CT molecular complexity index is 1360. The second-order valence-electron chi connectivity index (χ2n) is 6.55. The summed E-state index contributed by atoms with van der Waals surface area (Å²) in [7, 11) is -17.0. The molecule has 0 saturated carbocycles. The molecular weight excluding hydrogens is 550 g/mol. The van der Waals surface area contributed by atoms with E-state index in [4.69, 9.17) is 43.8 Å². The second kappa shape index (κ2) is 9.12. The number of H-pyrrole nitrogens is 1. The average Bonchev–Trinajstić information content (AvgIpc) is 3.17. The maximum Gasteiger partial charge on any atom is 0.490 e. The number of nitrogens with one attached hydrogen (secondary N) is 1. The number of aromatic nitrogens is 4. The van der Waals surface area contributed by atoms with Crippen LogP contribution in [0.2, 0.25) is 0 Å². The van der Waals surface area contributed by atoms with Gasteiger partial charge in [-0.2, -0.15) is 8.62 Å². The van der Waals surface area contributed by atoms with Gasteiger partial charge in [0, 0.05) is 0 Å². The van der Waals surface area contributed by atoms with Crippen LogP contribution in [0.5, 0.6) is 0 Å². The maximum atomic E-state index is 15.6. The first-order valence-corrected chi connectivity index (χ1v) is 13.4. The van der Waals surface area contributed by atoms with Crippen LogP contribution in [0.3, 0.4) is 0 Å². The highest BCUT2D eigenvalue weighted by molar-refractivity contribution is 7.71. The Morgan fingerprint density at radius 1 is 1.32 bits per heavy atom. The number of nitrogen functional groups attached to an aromatic ring is 1. The van der Waals surface area contributed by atoms with E-state index in [9.17, 15) is 23.7 Å². The number of nitrogens with two attached hydrogens (primary N) is 1. The summed E-state index contributed by atoms with van der Waals surface area (Å²) in [4.78, 5) is 46.1. The summed E-state index contributed by atoms with van der Waals surface area (Å²) < 4.78 is 67.3. The number of anilines is 1. The van der Waals surface area contributed by atoms with E-state index in [2.05, 4.69) is 28.1 Å². The highest BCUT2D eigenvalue weighted by Gasteiger charge is 2.58. The average molecular weight is 565 g/mol. The van der Waals surface area contributed by atoms with Crippen LogP contribution in [-0.4, -0.2) is 68.7 Å². The lowest BCUT2D eigenvalue weighted by Gasteiger charge is -2.23. The summed E-state index contributed by atoms with van der Waals surface area (Å²) in [6, 6.07) is 0. The number of alkyl halides is 1. The lowest BCUT2D eigenvalue weighted by atomic mass is 9.97. The third-order valence-corrected chi connectivity index (χ3v) is 8.29. The number of phosphoric ester groups is 1. The highest BCUT2D eigenvalue weighted by atomic mass is 32.1. The molecule has 0 aromatic carbocycles. The maximum absolute atomic E-state index is 15.6. The quantitative estimate of drug-likeness (QED) is 0.126. The van der Waals surface area contributed by atoms with Gasteiger partial charge >= 0.3 is 23.5 Å². The van der Waals surface area contributed by atoms with E-state index < -0.39 is 54.2 Å². The minimum absolute atomic E-state index is 0.0144. The smallest absolute Gasteiger partial charge is 0.386 e. The van der Waals surface area contributed by atoms with Crippen molar-refractivity contribution in [3.05, 3.63) is 11.0 Å². The van der Waals surface area contributed by atoms with E-state index >= 15 is 4.39 Å². The summed E-state index contributed by atoms with van der Waals surface area (Å²) in [6.45, 7) is -1.15. The van der Waals surface area contributed by atoms with E-state index in [0.717, 1.165) is 10.9 Å². The van der Waals surface area contributed by atoms with Gasteiger partial charge in [0.15, 0.2) is 16.8 Å². The number of aromatic amines is 1. The zero-order valence-corrected chi connectivity index (χ0v) is 19.7. The summed E-state index contributed by atoms with van der Waals surface area (Å²) >= 11 is 5.01. The normalized spacial score (nSPS) is 28.9. The van der Waals surface area contributed by atoms with Crippen molar-refractivity contribution >= 4 is 52.8 Å². The second-order valence-corrected chi connectivity index (χ2v) is 11.4. The van der Waals surface area contributed by atoms with Gasteiger partial charge in [-0.1, -0.05) is 18.1 Å². The molecule has 1 aliphatic heterocycles. The third kappa shape index (κ3) is 5.61. The number of hydrogen-bond acceptors (Lipinski definition) is 12. The molecule has 8 N–H and O–H groups in total. The molecule has 3 rings (SSSR count). The number of aliphatic hydroxyl groups is 1. The number of fused-ring (bicyclic) bond motifs is 1. The van der Waals surface area contributed by atoms with Crippen molar-refractivity contribution < 1.29 is 60.6 Å². The van der Waals surface area contributed by atoms with Crippen LogP contribution >= 0.6 is 35.7 Å². The fraction of sp³-hybridized carbons (Fsp3) is 0.417. The van der Waals surface area contributed by atoms with Gasteiger partial charge in [0.25, 0.3) is 0 Å². The third-order valence-electron chi connectivity index (χ3n) is 4.20. The Morgan fingerprint density at radius 2 is 1.97 bits per heavy atom. The van der Waals surface area contributed by atoms with Crippen molar-refractivity contribution in [3.63, 3.8) is 0 Å². The fourth-order valence-corrected chi connectivity index (χ4v) is 6.19. The van der Waals surface area contributed by atoms with Gasteiger partial charge < -0.3 is 40.1 Å². The summed E-state index contributed by atoms with van der Waals surface area (Å²) in [6.07, 6.45) is 0.536. The predicted octanol–water partition coefficient (Wildman–Crippen LogP) is 0.0142. The van der Waals surface area contributed by atoms with Gasteiger partial charge in [0.05, 0.1) is 12.9 Å². The molecule has 188 valence electrons. The lowest BCUT2D eigenvalue weighted by molar-refractivity contribution is -0.0496. The number of nitrogens with zero attached hydrogens (tertiary/aromatic N) is 3. The largest absolute Gasteiger partial charge is 0.490 e. The van der Waals surface area contributed by atoms with Gasteiger partial charge in [-0.15, -0.1) is 6.42 Å². The van der Waals surface area contributed by atoms with E-state index in [1.54, 1.807) is 5.92 Å². The van der Waals surface area contributed by atoms with E-state index in [0.29, 0.717) is 0 Å². The first-order chi connectivity index (χ1) is 15.5. The molecule has 1 fully saturated rings. The molecular formula is C12H15FN5O12P3S.